The van der Waals surface area contributed by atoms with Gasteiger partial charge < -0.3 is 10.0 Å². The Hall–Kier alpha value is -13.0. The van der Waals surface area contributed by atoms with E-state index in [4.69, 9.17) is 31.5 Å². The number of thiophene rings is 2. The molecule has 0 atom stereocenters. The quantitative estimate of drug-likeness (QED) is 0.0706. The topological polar surface area (TPSA) is 118 Å². The average Bonchev–Trinajstić information content (AvgIpc) is 1.54. The zero-order valence-electron chi connectivity index (χ0n) is 63.8. The standard InChI is InChI=1S/C52H33N3S.C27H16ClN3S.C25H19BO2.CH3I.CH4/c1-4-17-34(18-5-1)49-53-50(36-20-14-19-35(33-36)39-27-15-28-41-40-25-11-13-32-46(40)56-48(39)41)55-51(54-49)43-29-16-31-45-47(43)42-26-10-12-30-44(42)52(45,37-21-6-2-7-22-37)38-23-8-3-9-24-38;28-27-30-25(17-8-2-1-3-9-17)29-26(31-27)19-11-6-10-18(16-19)20-13-7-14-22-21-12-4-5-15-23(21)32-24(20)22;27-26(28)23-17-9-16-22-24(23)20-14-7-8-15-21(20)25(22,18-10-3-1-4-11-18)19-12-5-2-6-13-19;1-2;/h1-33H;1-16H;1-17,27-28H;1H3;1H4. The average molecular weight is 1700 g/mol. The third-order valence-electron chi connectivity index (χ3n) is 22.5. The summed E-state index contributed by atoms with van der Waals surface area (Å²) in [5.74, 6) is 3.06. The van der Waals surface area contributed by atoms with Crippen LogP contribution < -0.4 is 5.46 Å². The Labute approximate surface area is 718 Å². The summed E-state index contributed by atoms with van der Waals surface area (Å²) in [5.41, 5.74) is 22.7. The van der Waals surface area contributed by atoms with E-state index in [2.05, 4.69) is 342 Å². The zero-order valence-corrected chi connectivity index (χ0v) is 68.4. The first-order chi connectivity index (χ1) is 58.3. The van der Waals surface area contributed by atoms with E-state index in [1.807, 2.05) is 113 Å². The molecule has 22 rings (SSSR count). The third kappa shape index (κ3) is 13.9. The van der Waals surface area contributed by atoms with Gasteiger partial charge >= 0.3 is 7.12 Å². The number of halogens is 2. The van der Waals surface area contributed by atoms with E-state index in [1.54, 1.807) is 6.07 Å². The normalized spacial score (nSPS) is 12.3. The van der Waals surface area contributed by atoms with E-state index < -0.39 is 17.9 Å². The van der Waals surface area contributed by atoms with Crippen LogP contribution in [0.3, 0.4) is 0 Å². The molecular formula is C106H75BClIN6O2S2. The highest BCUT2D eigenvalue weighted by atomic mass is 127. The lowest BCUT2D eigenvalue weighted by molar-refractivity contribution is 0.426. The lowest BCUT2D eigenvalue weighted by atomic mass is 9.66. The predicted molar refractivity (Wildman–Crippen MR) is 506 cm³/mol. The van der Waals surface area contributed by atoms with Crippen LogP contribution in [-0.4, -0.2) is 52.0 Å². The second-order valence-electron chi connectivity index (χ2n) is 28.9. The fourth-order valence-electron chi connectivity index (χ4n) is 17.6. The Morgan fingerprint density at radius 2 is 0.563 bits per heavy atom. The molecule has 0 bridgehead atoms. The molecule has 2 aliphatic carbocycles. The minimum absolute atomic E-state index is 0. The summed E-state index contributed by atoms with van der Waals surface area (Å²) in [6.45, 7) is 0. The van der Waals surface area contributed by atoms with E-state index in [1.165, 1.54) is 79.3 Å². The number of alkyl halides is 1. The first-order valence-corrected chi connectivity index (χ1v) is 43.2. The smallest absolute Gasteiger partial charge is 0.423 e. The SMILES string of the molecule is C.CI.Clc1nc(-c2ccccc2)nc(-c2cccc(-c3cccc4c3sc3ccccc34)c2)n1.OB(O)c1cccc2c1-c1ccccc1C2(c1ccccc1)c1ccccc1.c1ccc(-c2nc(-c3cccc(-c4cccc5c4sc4ccccc45)c3)nc(-c3cccc4c3-c3ccccc3C4(c3ccccc3)c3ccccc3)n2)cc1. The Kier molecular flexibility index (Phi) is 21.8. The molecule has 0 unspecified atom stereocenters. The molecule has 0 amide bonds. The van der Waals surface area contributed by atoms with E-state index >= 15 is 0 Å². The maximum Gasteiger partial charge on any atom is 0.489 e. The van der Waals surface area contributed by atoms with Gasteiger partial charge in [0, 0.05) is 68.2 Å². The molecule has 20 aromatic rings. The van der Waals surface area contributed by atoms with E-state index in [0.29, 0.717) is 34.6 Å². The van der Waals surface area contributed by atoms with Gasteiger partial charge in [0.05, 0.1) is 10.8 Å². The highest BCUT2D eigenvalue weighted by molar-refractivity contribution is 14.1. The number of benzene rings is 16. The first kappa shape index (κ1) is 77.2. The minimum Gasteiger partial charge on any atom is -0.423 e. The third-order valence-corrected chi connectivity index (χ3v) is 25.1. The molecule has 0 aliphatic heterocycles. The van der Waals surface area contributed by atoms with Gasteiger partial charge in [-0.15, -0.1) is 22.7 Å². The van der Waals surface area contributed by atoms with Crippen molar-refractivity contribution in [3.63, 3.8) is 0 Å². The van der Waals surface area contributed by atoms with Crippen LogP contribution in [-0.2, 0) is 10.8 Å². The number of hydrogen-bond acceptors (Lipinski definition) is 10. The van der Waals surface area contributed by atoms with Crippen molar-refractivity contribution >= 4 is 110 Å². The summed E-state index contributed by atoms with van der Waals surface area (Å²) < 4.78 is 5.15. The number of fused-ring (bicyclic) bond motifs is 12. The second kappa shape index (κ2) is 33.5. The Bertz CT molecular complexity index is 7020. The van der Waals surface area contributed by atoms with Crippen molar-refractivity contribution in [1.29, 1.82) is 0 Å². The van der Waals surface area contributed by atoms with Crippen LogP contribution in [0.1, 0.15) is 51.9 Å². The molecule has 2 N–H and O–H groups in total. The van der Waals surface area contributed by atoms with Gasteiger partial charge in [-0.3, -0.25) is 0 Å². The molecule has 0 saturated heterocycles. The van der Waals surface area contributed by atoms with Gasteiger partial charge in [-0.25, -0.2) is 19.9 Å². The summed E-state index contributed by atoms with van der Waals surface area (Å²) >= 11 is 12.1. The summed E-state index contributed by atoms with van der Waals surface area (Å²) in [5, 5.41) is 25.5. The Balaban J connectivity index is 0.000000131. The molecular weight excluding hydrogens is 1630 g/mol. The summed E-state index contributed by atoms with van der Waals surface area (Å²) in [6.07, 6.45) is 0. The van der Waals surface area contributed by atoms with Crippen LogP contribution in [0.15, 0.2) is 400 Å². The molecule has 4 heterocycles. The van der Waals surface area contributed by atoms with Gasteiger partial charge in [0.25, 0.3) is 0 Å². The largest absolute Gasteiger partial charge is 0.489 e. The molecule has 119 heavy (non-hydrogen) atoms. The van der Waals surface area contributed by atoms with Crippen molar-refractivity contribution in [3.05, 3.63) is 450 Å². The monoisotopic (exact) mass is 1700 g/mol. The van der Waals surface area contributed by atoms with Gasteiger partial charge in [-0.05, 0) is 135 Å². The molecule has 0 saturated carbocycles. The molecule has 570 valence electrons. The summed E-state index contributed by atoms with van der Waals surface area (Å²) in [7, 11) is -1.52. The van der Waals surface area contributed by atoms with Crippen LogP contribution in [0.2, 0.25) is 5.28 Å². The van der Waals surface area contributed by atoms with Crippen molar-refractivity contribution in [2.45, 2.75) is 18.3 Å². The van der Waals surface area contributed by atoms with E-state index in [9.17, 15) is 10.0 Å². The van der Waals surface area contributed by atoms with Crippen LogP contribution in [0.4, 0.5) is 0 Å². The lowest BCUT2D eigenvalue weighted by Gasteiger charge is -2.33. The van der Waals surface area contributed by atoms with Gasteiger partial charge in [-0.2, -0.15) is 9.97 Å². The predicted octanol–water partition coefficient (Wildman–Crippen LogP) is 26.6. The molecule has 16 aromatic carbocycles. The number of aromatic nitrogens is 6. The number of rotatable bonds is 12. The molecule has 8 nitrogen and oxygen atoms in total. The van der Waals surface area contributed by atoms with Crippen LogP contribution in [0, 0.1) is 0 Å². The van der Waals surface area contributed by atoms with Gasteiger partial charge in [0.2, 0.25) is 5.28 Å². The lowest BCUT2D eigenvalue weighted by Crippen LogP contribution is -2.33. The van der Waals surface area contributed by atoms with Crippen molar-refractivity contribution in [1.82, 2.24) is 29.9 Å². The van der Waals surface area contributed by atoms with Crippen molar-refractivity contribution in [2.75, 3.05) is 4.93 Å². The first-order valence-electron chi connectivity index (χ1n) is 39.0. The van der Waals surface area contributed by atoms with Gasteiger partial charge in [0.1, 0.15) is 0 Å². The number of hydrogen-bond donors (Lipinski definition) is 2. The maximum absolute atomic E-state index is 10.1. The molecule has 4 aromatic heterocycles. The van der Waals surface area contributed by atoms with Crippen LogP contribution in [0.5, 0.6) is 0 Å². The minimum atomic E-state index is -1.52. The van der Waals surface area contributed by atoms with E-state index in [0.717, 1.165) is 77.9 Å². The Morgan fingerprint density at radius 1 is 0.269 bits per heavy atom. The molecule has 0 spiro atoms. The van der Waals surface area contributed by atoms with Gasteiger partial charge in [-0.1, -0.05) is 406 Å². The molecule has 0 radical (unpaired) electrons. The molecule has 13 heteroatoms. The summed E-state index contributed by atoms with van der Waals surface area (Å²) in [4.78, 5) is 31.2. The number of nitrogens with zero attached hydrogens (tertiary/aromatic N) is 6. The van der Waals surface area contributed by atoms with Crippen molar-refractivity contribution < 1.29 is 10.0 Å². The zero-order chi connectivity index (χ0) is 79.7. The van der Waals surface area contributed by atoms with E-state index in [-0.39, 0.29) is 12.7 Å². The fraction of sp³-hybridized carbons (Fsp3) is 0.0377. The second-order valence-corrected chi connectivity index (χ2v) is 31.4. The highest BCUT2D eigenvalue weighted by Crippen LogP contribution is 2.59. The highest BCUT2D eigenvalue weighted by Gasteiger charge is 2.49. The van der Waals surface area contributed by atoms with Crippen LogP contribution in [0.25, 0.3) is 142 Å². The van der Waals surface area contributed by atoms with Crippen molar-refractivity contribution in [3.8, 4) is 101 Å². The molecule has 2 aliphatic rings. The fourth-order valence-corrected chi connectivity index (χ4v) is 20.2. The maximum atomic E-state index is 10.1. The summed E-state index contributed by atoms with van der Waals surface area (Å²) in [6, 6.07) is 140. The Morgan fingerprint density at radius 3 is 1.02 bits per heavy atom. The van der Waals surface area contributed by atoms with Crippen LogP contribution >= 0.6 is 56.9 Å². The molecule has 0 fully saturated rings. The van der Waals surface area contributed by atoms with Gasteiger partial charge in [0.15, 0.2) is 29.1 Å². The van der Waals surface area contributed by atoms with Crippen molar-refractivity contribution in [2.24, 2.45) is 0 Å².